The number of pyridine rings is 1. The molecule has 134 valence electrons. The van der Waals surface area contributed by atoms with Crippen LogP contribution in [0.3, 0.4) is 0 Å². The number of benzene rings is 2. The maximum atomic E-state index is 4.99. The van der Waals surface area contributed by atoms with Gasteiger partial charge in [-0.25, -0.2) is 9.97 Å². The van der Waals surface area contributed by atoms with Gasteiger partial charge in [-0.1, -0.05) is 72.8 Å². The summed E-state index contributed by atoms with van der Waals surface area (Å²) in [7, 11) is 0. The van der Waals surface area contributed by atoms with Crippen LogP contribution in [-0.4, -0.2) is 14.5 Å². The van der Waals surface area contributed by atoms with Gasteiger partial charge in [0.15, 0.2) is 5.82 Å². The van der Waals surface area contributed by atoms with E-state index in [4.69, 9.17) is 9.97 Å². The average molecular weight is 361 g/mol. The van der Waals surface area contributed by atoms with E-state index in [1.165, 1.54) is 0 Å². The minimum atomic E-state index is 0.813. The molecule has 0 spiro atoms. The Hall–Kier alpha value is -3.72. The van der Waals surface area contributed by atoms with E-state index >= 15 is 0 Å². The predicted molar refractivity (Wildman–Crippen MR) is 114 cm³/mol. The highest BCUT2D eigenvalue weighted by molar-refractivity contribution is 5.67. The van der Waals surface area contributed by atoms with E-state index in [9.17, 15) is 0 Å². The zero-order chi connectivity index (χ0) is 18.8. The SMILES string of the molecule is C1=CCc2nc(-c3cccc(-c4ccccc4)n3)n(-c3ccccc3)c2C=C1. The minimum absolute atomic E-state index is 0.813. The molecule has 0 saturated heterocycles. The van der Waals surface area contributed by atoms with Gasteiger partial charge in [0.1, 0.15) is 5.69 Å². The lowest BCUT2D eigenvalue weighted by Crippen LogP contribution is -2.01. The molecule has 5 rings (SSSR count). The topological polar surface area (TPSA) is 30.7 Å². The second kappa shape index (κ2) is 7.12. The number of imidazole rings is 1. The van der Waals surface area contributed by atoms with Crippen molar-refractivity contribution in [1.29, 1.82) is 0 Å². The Bertz CT molecular complexity index is 1170. The molecule has 1 aliphatic rings. The first kappa shape index (κ1) is 16.5. The third-order valence-corrected chi connectivity index (χ3v) is 4.86. The van der Waals surface area contributed by atoms with E-state index < -0.39 is 0 Å². The van der Waals surface area contributed by atoms with Crippen molar-refractivity contribution in [3.05, 3.63) is 108 Å². The minimum Gasteiger partial charge on any atom is -0.291 e. The van der Waals surface area contributed by atoms with Crippen molar-refractivity contribution >= 4 is 6.08 Å². The van der Waals surface area contributed by atoms with Crippen molar-refractivity contribution in [2.75, 3.05) is 0 Å². The van der Waals surface area contributed by atoms with Crippen LogP contribution in [0, 0.1) is 0 Å². The van der Waals surface area contributed by atoms with Crippen LogP contribution >= 0.6 is 0 Å². The Morgan fingerprint density at radius 3 is 2.25 bits per heavy atom. The predicted octanol–water partition coefficient (Wildman–Crippen LogP) is 5.73. The number of rotatable bonds is 3. The summed E-state index contributed by atoms with van der Waals surface area (Å²) in [6.45, 7) is 0. The molecule has 0 unspecified atom stereocenters. The van der Waals surface area contributed by atoms with Crippen LogP contribution in [0.5, 0.6) is 0 Å². The summed E-state index contributed by atoms with van der Waals surface area (Å²) in [6.07, 6.45) is 9.23. The first-order valence-electron chi connectivity index (χ1n) is 9.43. The molecule has 0 atom stereocenters. The number of fused-ring (bicyclic) bond motifs is 1. The lowest BCUT2D eigenvalue weighted by molar-refractivity contribution is 1.04. The zero-order valence-corrected chi connectivity index (χ0v) is 15.4. The van der Waals surface area contributed by atoms with Gasteiger partial charge in [0.05, 0.1) is 17.1 Å². The molecular weight excluding hydrogens is 342 g/mol. The molecule has 3 nitrogen and oxygen atoms in total. The van der Waals surface area contributed by atoms with E-state index in [0.29, 0.717) is 0 Å². The highest BCUT2D eigenvalue weighted by atomic mass is 15.1. The van der Waals surface area contributed by atoms with Gasteiger partial charge in [0, 0.05) is 17.7 Å². The Morgan fingerprint density at radius 1 is 0.679 bits per heavy atom. The smallest absolute Gasteiger partial charge is 0.164 e. The first-order valence-corrected chi connectivity index (χ1v) is 9.43. The first-order chi connectivity index (χ1) is 13.9. The van der Waals surface area contributed by atoms with E-state index in [0.717, 1.165) is 46.3 Å². The Morgan fingerprint density at radius 2 is 1.43 bits per heavy atom. The van der Waals surface area contributed by atoms with Gasteiger partial charge in [-0.05, 0) is 30.3 Å². The van der Waals surface area contributed by atoms with Crippen molar-refractivity contribution in [1.82, 2.24) is 14.5 Å². The summed E-state index contributed by atoms with van der Waals surface area (Å²) in [4.78, 5) is 9.93. The standard InChI is InChI=1S/C25H19N3/c1-4-11-19(12-5-1)21-16-10-17-23(26-21)25-27-22-15-8-3-9-18-24(22)28(25)20-13-6-2-7-14-20/h1-14,16-18H,15H2. The van der Waals surface area contributed by atoms with E-state index in [-0.39, 0.29) is 0 Å². The molecule has 0 saturated carbocycles. The van der Waals surface area contributed by atoms with Gasteiger partial charge in [-0.3, -0.25) is 4.57 Å². The van der Waals surface area contributed by atoms with Crippen molar-refractivity contribution in [3.63, 3.8) is 0 Å². The number of hydrogen-bond donors (Lipinski definition) is 0. The fourth-order valence-electron chi connectivity index (χ4n) is 3.54. The zero-order valence-electron chi connectivity index (χ0n) is 15.4. The quantitative estimate of drug-likeness (QED) is 0.467. The monoisotopic (exact) mass is 361 g/mol. The van der Waals surface area contributed by atoms with Crippen LogP contribution < -0.4 is 0 Å². The maximum absolute atomic E-state index is 4.99. The summed E-state index contributed by atoms with van der Waals surface area (Å²) < 4.78 is 2.20. The molecule has 0 bridgehead atoms. The number of aromatic nitrogens is 3. The summed E-state index contributed by atoms with van der Waals surface area (Å²) in [5.74, 6) is 0.869. The third-order valence-electron chi connectivity index (χ3n) is 4.86. The molecule has 28 heavy (non-hydrogen) atoms. The van der Waals surface area contributed by atoms with Crippen molar-refractivity contribution in [2.45, 2.75) is 6.42 Å². The van der Waals surface area contributed by atoms with Crippen LogP contribution in [0.15, 0.2) is 97.1 Å². The molecule has 2 aromatic heterocycles. The lowest BCUT2D eigenvalue weighted by atomic mass is 10.1. The van der Waals surface area contributed by atoms with Gasteiger partial charge in [-0.15, -0.1) is 0 Å². The van der Waals surface area contributed by atoms with Crippen LogP contribution in [0.1, 0.15) is 11.4 Å². The number of hydrogen-bond acceptors (Lipinski definition) is 2. The largest absolute Gasteiger partial charge is 0.291 e. The van der Waals surface area contributed by atoms with Crippen LogP contribution in [0.25, 0.3) is 34.5 Å². The molecule has 4 aromatic rings. The molecule has 0 aliphatic heterocycles. The van der Waals surface area contributed by atoms with Gasteiger partial charge in [0.2, 0.25) is 0 Å². The molecule has 1 aliphatic carbocycles. The fraction of sp³-hybridized carbons (Fsp3) is 0.0400. The number of para-hydroxylation sites is 1. The Kier molecular flexibility index (Phi) is 4.19. The Labute approximate surface area is 164 Å². The van der Waals surface area contributed by atoms with E-state index in [2.05, 4.69) is 71.3 Å². The van der Waals surface area contributed by atoms with Crippen molar-refractivity contribution < 1.29 is 0 Å². The molecule has 2 aromatic carbocycles. The molecule has 0 fully saturated rings. The summed E-state index contributed by atoms with van der Waals surface area (Å²) >= 11 is 0. The maximum Gasteiger partial charge on any atom is 0.164 e. The van der Waals surface area contributed by atoms with Crippen LogP contribution in [0.4, 0.5) is 0 Å². The second-order valence-electron chi connectivity index (χ2n) is 6.70. The molecule has 0 radical (unpaired) electrons. The van der Waals surface area contributed by atoms with Gasteiger partial charge in [-0.2, -0.15) is 0 Å². The van der Waals surface area contributed by atoms with Gasteiger partial charge in [0.25, 0.3) is 0 Å². The molecule has 0 N–H and O–H groups in total. The van der Waals surface area contributed by atoms with Crippen LogP contribution in [0.2, 0.25) is 0 Å². The molecule has 0 amide bonds. The van der Waals surface area contributed by atoms with Crippen molar-refractivity contribution in [2.24, 2.45) is 0 Å². The number of nitrogens with zero attached hydrogens (tertiary/aromatic N) is 3. The van der Waals surface area contributed by atoms with Gasteiger partial charge < -0.3 is 0 Å². The summed E-state index contributed by atoms with van der Waals surface area (Å²) in [6, 6.07) is 26.7. The Balaban J connectivity index is 1.71. The molecular formula is C25H19N3. The highest BCUT2D eigenvalue weighted by Gasteiger charge is 2.19. The van der Waals surface area contributed by atoms with Crippen LogP contribution in [-0.2, 0) is 6.42 Å². The normalized spacial score (nSPS) is 12.6. The summed E-state index contributed by atoms with van der Waals surface area (Å²) in [5.41, 5.74) is 6.19. The fourth-order valence-corrected chi connectivity index (χ4v) is 3.54. The summed E-state index contributed by atoms with van der Waals surface area (Å²) in [5, 5.41) is 0. The third kappa shape index (κ3) is 2.97. The second-order valence-corrected chi connectivity index (χ2v) is 6.70. The van der Waals surface area contributed by atoms with E-state index in [1.807, 2.05) is 36.4 Å². The average Bonchev–Trinajstić information content (AvgIpc) is 2.98. The van der Waals surface area contributed by atoms with Crippen molar-refractivity contribution in [3.8, 4) is 28.5 Å². The van der Waals surface area contributed by atoms with Gasteiger partial charge >= 0.3 is 0 Å². The van der Waals surface area contributed by atoms with E-state index in [1.54, 1.807) is 0 Å². The molecule has 3 heteroatoms. The number of allylic oxidation sites excluding steroid dienone is 3. The molecule has 2 heterocycles. The highest BCUT2D eigenvalue weighted by Crippen LogP contribution is 2.29. The lowest BCUT2D eigenvalue weighted by Gasteiger charge is -2.11.